The number of oxime groups is 1. The van der Waals surface area contributed by atoms with E-state index in [-0.39, 0.29) is 16.8 Å². The van der Waals surface area contributed by atoms with Crippen molar-refractivity contribution in [3.05, 3.63) is 41.3 Å². The predicted octanol–water partition coefficient (Wildman–Crippen LogP) is 5.90. The van der Waals surface area contributed by atoms with Gasteiger partial charge in [0, 0.05) is 17.0 Å². The molecule has 0 amide bonds. The van der Waals surface area contributed by atoms with Crippen LogP contribution in [0.3, 0.4) is 0 Å². The van der Waals surface area contributed by atoms with Crippen LogP contribution in [-0.4, -0.2) is 16.5 Å². The van der Waals surface area contributed by atoms with Crippen LogP contribution in [0.1, 0.15) is 64.6 Å². The second-order valence-electron chi connectivity index (χ2n) is 9.60. The first kappa shape index (κ1) is 18.8. The van der Waals surface area contributed by atoms with E-state index in [9.17, 15) is 4.39 Å². The molecular weight excluding hydrogens is 367 g/mol. The van der Waals surface area contributed by atoms with Crippen LogP contribution in [0.15, 0.2) is 33.9 Å². The standard InChI is InChI=1S/C24H29FN2O2/c1-14(2)24(15(3)4)19-11-13-23(22(19)27-29-24)12-5-6-18-20(28-26-21(18)23)16-7-9-17(25)10-8-16/h7-10,14-15,19H,5-6,11-13H2,1-4H3/t19-,23-/m0/s1. The second kappa shape index (κ2) is 6.41. The van der Waals surface area contributed by atoms with Crippen molar-refractivity contribution >= 4 is 5.71 Å². The first-order valence-electron chi connectivity index (χ1n) is 10.9. The highest BCUT2D eigenvalue weighted by Gasteiger charge is 2.63. The number of rotatable bonds is 3. The molecule has 1 aliphatic heterocycles. The van der Waals surface area contributed by atoms with E-state index in [4.69, 9.17) is 14.5 Å². The fourth-order valence-electron chi connectivity index (χ4n) is 6.38. The molecule has 1 saturated carbocycles. The van der Waals surface area contributed by atoms with Crippen molar-refractivity contribution in [3.8, 4) is 11.3 Å². The molecule has 1 aromatic carbocycles. The minimum atomic E-state index is -0.242. The lowest BCUT2D eigenvalue weighted by atomic mass is 9.66. The molecule has 1 fully saturated rings. The molecule has 0 saturated heterocycles. The van der Waals surface area contributed by atoms with Gasteiger partial charge in [-0.05, 0) is 68.2 Å². The summed E-state index contributed by atoms with van der Waals surface area (Å²) >= 11 is 0. The van der Waals surface area contributed by atoms with Crippen LogP contribution < -0.4 is 0 Å². The van der Waals surface area contributed by atoms with Gasteiger partial charge in [0.25, 0.3) is 0 Å². The quantitative estimate of drug-likeness (QED) is 0.649. The van der Waals surface area contributed by atoms with E-state index in [1.807, 2.05) is 0 Å². The van der Waals surface area contributed by atoms with Crippen LogP contribution in [0.4, 0.5) is 4.39 Å². The molecule has 1 aromatic heterocycles. The molecule has 5 rings (SSSR count). The van der Waals surface area contributed by atoms with Crippen LogP contribution in [0.5, 0.6) is 0 Å². The van der Waals surface area contributed by atoms with Gasteiger partial charge in [-0.3, -0.25) is 0 Å². The summed E-state index contributed by atoms with van der Waals surface area (Å²) in [5, 5.41) is 9.33. The van der Waals surface area contributed by atoms with Crippen LogP contribution in [0.25, 0.3) is 11.3 Å². The fraction of sp³-hybridized carbons (Fsp3) is 0.583. The lowest BCUT2D eigenvalue weighted by Crippen LogP contribution is -2.48. The molecule has 2 aliphatic carbocycles. The molecular formula is C24H29FN2O2. The minimum absolute atomic E-state index is 0.175. The predicted molar refractivity (Wildman–Crippen MR) is 110 cm³/mol. The summed E-state index contributed by atoms with van der Waals surface area (Å²) < 4.78 is 19.2. The maximum absolute atomic E-state index is 13.4. The van der Waals surface area contributed by atoms with Gasteiger partial charge in [-0.15, -0.1) is 0 Å². The first-order valence-corrected chi connectivity index (χ1v) is 10.9. The lowest BCUT2D eigenvalue weighted by Gasteiger charge is -2.39. The Morgan fingerprint density at radius 2 is 1.79 bits per heavy atom. The number of halogens is 1. The Labute approximate surface area is 171 Å². The van der Waals surface area contributed by atoms with Gasteiger partial charge in [-0.1, -0.05) is 38.0 Å². The number of hydrogen-bond donors (Lipinski definition) is 0. The maximum Gasteiger partial charge on any atom is 0.170 e. The monoisotopic (exact) mass is 396 g/mol. The second-order valence-corrected chi connectivity index (χ2v) is 9.60. The number of hydrogen-bond acceptors (Lipinski definition) is 4. The average Bonchev–Trinajstić information content (AvgIpc) is 3.38. The highest BCUT2D eigenvalue weighted by atomic mass is 19.1. The van der Waals surface area contributed by atoms with Crippen LogP contribution in [0.2, 0.25) is 0 Å². The third-order valence-corrected chi connectivity index (χ3v) is 7.71. The molecule has 2 heterocycles. The van der Waals surface area contributed by atoms with Crippen molar-refractivity contribution in [2.24, 2.45) is 22.9 Å². The van der Waals surface area contributed by atoms with Gasteiger partial charge in [0.2, 0.25) is 0 Å². The Bertz CT molecular complexity index is 952. The Hall–Kier alpha value is -2.17. The number of benzene rings is 1. The van der Waals surface area contributed by atoms with Gasteiger partial charge in [0.15, 0.2) is 5.76 Å². The summed E-state index contributed by atoms with van der Waals surface area (Å²) in [5.74, 6) is 1.65. The van der Waals surface area contributed by atoms with Crippen LogP contribution in [-0.2, 0) is 16.7 Å². The summed E-state index contributed by atoms with van der Waals surface area (Å²) in [6.45, 7) is 8.99. The van der Waals surface area contributed by atoms with Gasteiger partial charge in [-0.25, -0.2) is 4.39 Å². The molecule has 29 heavy (non-hydrogen) atoms. The SMILES string of the molecule is CC(C)C1(C(C)C)ON=C2[C@@H]1CC[C@]21CCCc2c1noc2-c1ccc(F)cc1. The number of fused-ring (bicyclic) bond motifs is 4. The summed E-state index contributed by atoms with van der Waals surface area (Å²) in [7, 11) is 0. The fourth-order valence-corrected chi connectivity index (χ4v) is 6.38. The molecule has 0 bridgehead atoms. The maximum atomic E-state index is 13.4. The van der Waals surface area contributed by atoms with Gasteiger partial charge in [-0.2, -0.15) is 0 Å². The molecule has 1 spiro atoms. The van der Waals surface area contributed by atoms with Gasteiger partial charge < -0.3 is 9.36 Å². The van der Waals surface area contributed by atoms with E-state index >= 15 is 0 Å². The zero-order valence-electron chi connectivity index (χ0n) is 17.7. The molecule has 3 aliphatic rings. The smallest absolute Gasteiger partial charge is 0.170 e. The van der Waals surface area contributed by atoms with Crippen molar-refractivity contribution in [2.45, 2.75) is 70.8 Å². The van der Waals surface area contributed by atoms with E-state index in [1.54, 1.807) is 12.1 Å². The Morgan fingerprint density at radius 3 is 2.48 bits per heavy atom. The summed E-state index contributed by atoms with van der Waals surface area (Å²) in [5.41, 5.74) is 3.86. The Morgan fingerprint density at radius 1 is 1.07 bits per heavy atom. The number of nitrogens with zero attached hydrogens (tertiary/aromatic N) is 2. The largest absolute Gasteiger partial charge is 0.388 e. The molecule has 2 atom stereocenters. The van der Waals surface area contributed by atoms with E-state index in [1.165, 1.54) is 17.8 Å². The first-order chi connectivity index (χ1) is 13.9. The molecule has 4 nitrogen and oxygen atoms in total. The molecule has 154 valence electrons. The zero-order valence-corrected chi connectivity index (χ0v) is 17.7. The van der Waals surface area contributed by atoms with Gasteiger partial charge in [0.1, 0.15) is 11.4 Å². The van der Waals surface area contributed by atoms with Crippen molar-refractivity contribution in [1.29, 1.82) is 0 Å². The Kier molecular flexibility index (Phi) is 4.17. The van der Waals surface area contributed by atoms with E-state index in [2.05, 4.69) is 32.9 Å². The summed E-state index contributed by atoms with van der Waals surface area (Å²) in [6, 6.07) is 6.49. The van der Waals surface area contributed by atoms with Gasteiger partial charge >= 0.3 is 0 Å². The van der Waals surface area contributed by atoms with Gasteiger partial charge in [0.05, 0.1) is 16.8 Å². The highest BCUT2D eigenvalue weighted by Crippen LogP contribution is 2.58. The topological polar surface area (TPSA) is 47.6 Å². The molecule has 0 N–H and O–H groups in total. The summed E-state index contributed by atoms with van der Waals surface area (Å²) in [4.78, 5) is 6.27. The third-order valence-electron chi connectivity index (χ3n) is 7.71. The molecule has 2 aromatic rings. The van der Waals surface area contributed by atoms with Crippen LogP contribution >= 0.6 is 0 Å². The summed E-state index contributed by atoms with van der Waals surface area (Å²) in [6.07, 6.45) is 5.17. The van der Waals surface area contributed by atoms with Crippen molar-refractivity contribution in [1.82, 2.24) is 5.16 Å². The van der Waals surface area contributed by atoms with E-state index in [0.29, 0.717) is 17.8 Å². The van der Waals surface area contributed by atoms with Crippen molar-refractivity contribution < 1.29 is 13.8 Å². The van der Waals surface area contributed by atoms with Crippen LogP contribution in [0, 0.1) is 23.6 Å². The van der Waals surface area contributed by atoms with Crippen molar-refractivity contribution in [2.75, 3.05) is 0 Å². The minimum Gasteiger partial charge on any atom is -0.388 e. The lowest BCUT2D eigenvalue weighted by molar-refractivity contribution is -0.113. The third kappa shape index (κ3) is 2.42. The van der Waals surface area contributed by atoms with E-state index in [0.717, 1.165) is 54.7 Å². The molecule has 5 heteroatoms. The van der Waals surface area contributed by atoms with E-state index < -0.39 is 0 Å². The average molecular weight is 397 g/mol. The number of aromatic nitrogens is 1. The Balaban J connectivity index is 1.58. The molecule has 0 radical (unpaired) electrons. The highest BCUT2D eigenvalue weighted by molar-refractivity contribution is 6.00. The molecule has 0 unspecified atom stereocenters. The van der Waals surface area contributed by atoms with Crippen molar-refractivity contribution in [3.63, 3.8) is 0 Å². The zero-order chi connectivity index (χ0) is 20.4. The normalized spacial score (nSPS) is 27.3.